The molecule has 0 bridgehead atoms. The van der Waals surface area contributed by atoms with Gasteiger partial charge in [-0.15, -0.1) is 0 Å². The zero-order valence-corrected chi connectivity index (χ0v) is 11.5. The van der Waals surface area contributed by atoms with Crippen LogP contribution in [0.3, 0.4) is 0 Å². The molecule has 0 amide bonds. The molecule has 1 heterocycles. The van der Waals surface area contributed by atoms with Crippen LogP contribution in [0, 0.1) is 17.3 Å². The topological polar surface area (TPSA) is 32.8 Å². The van der Waals surface area contributed by atoms with E-state index in [9.17, 15) is 5.11 Å². The highest BCUT2D eigenvalue weighted by Crippen LogP contribution is 2.42. The number of aliphatic hydroxyl groups is 1. The van der Waals surface area contributed by atoms with Gasteiger partial charge in [0.15, 0.2) is 0 Å². The van der Waals surface area contributed by atoms with Crippen LogP contribution in [0.15, 0.2) is 11.5 Å². The summed E-state index contributed by atoms with van der Waals surface area (Å²) in [4.78, 5) is 0. The van der Waals surface area contributed by atoms with Crippen molar-refractivity contribution >= 4 is 0 Å². The zero-order chi connectivity index (χ0) is 12.5. The van der Waals surface area contributed by atoms with E-state index in [-0.39, 0.29) is 0 Å². The maximum Gasteiger partial charge on any atom is 0.145 e. The first-order chi connectivity index (χ1) is 8.02. The average Bonchev–Trinajstić information content (AvgIpc) is 3.02. The SMILES string of the molecule is CC1CCCC(C)(C)CCC(CO)CC2=C1O2. The van der Waals surface area contributed by atoms with Crippen LogP contribution in [0.4, 0.5) is 0 Å². The molecule has 0 fully saturated rings. The molecule has 0 aromatic rings. The minimum atomic E-state index is 0.296. The molecule has 1 N–H and O–H groups in total. The monoisotopic (exact) mass is 238 g/mol. The molecule has 0 aromatic heterocycles. The van der Waals surface area contributed by atoms with Crippen LogP contribution in [0.25, 0.3) is 0 Å². The van der Waals surface area contributed by atoms with Gasteiger partial charge in [0.25, 0.3) is 0 Å². The van der Waals surface area contributed by atoms with Gasteiger partial charge in [-0.25, -0.2) is 0 Å². The van der Waals surface area contributed by atoms with E-state index in [4.69, 9.17) is 4.74 Å². The Balaban J connectivity index is 2.02. The lowest BCUT2D eigenvalue weighted by Crippen LogP contribution is -2.15. The van der Waals surface area contributed by atoms with Gasteiger partial charge in [0.2, 0.25) is 0 Å². The van der Waals surface area contributed by atoms with E-state index < -0.39 is 0 Å². The Morgan fingerprint density at radius 1 is 1.29 bits per heavy atom. The van der Waals surface area contributed by atoms with Crippen LogP contribution in [-0.4, -0.2) is 11.7 Å². The lowest BCUT2D eigenvalue weighted by atomic mass is 9.80. The van der Waals surface area contributed by atoms with E-state index in [0.29, 0.717) is 23.9 Å². The summed E-state index contributed by atoms with van der Waals surface area (Å²) >= 11 is 0. The molecule has 2 atom stereocenters. The largest absolute Gasteiger partial charge is 0.459 e. The predicted molar refractivity (Wildman–Crippen MR) is 69.3 cm³/mol. The number of rotatable bonds is 1. The summed E-state index contributed by atoms with van der Waals surface area (Å²) in [5.74, 6) is 3.38. The van der Waals surface area contributed by atoms with Gasteiger partial charge >= 0.3 is 0 Å². The highest BCUT2D eigenvalue weighted by atomic mass is 16.6. The number of hydrogen-bond donors (Lipinski definition) is 1. The minimum Gasteiger partial charge on any atom is -0.459 e. The van der Waals surface area contributed by atoms with E-state index in [2.05, 4.69) is 20.8 Å². The van der Waals surface area contributed by atoms with Crippen LogP contribution in [0.5, 0.6) is 0 Å². The Morgan fingerprint density at radius 2 is 2.06 bits per heavy atom. The predicted octanol–water partition coefficient (Wildman–Crippen LogP) is 3.85. The third kappa shape index (κ3) is 3.48. The van der Waals surface area contributed by atoms with E-state index in [0.717, 1.165) is 12.8 Å². The van der Waals surface area contributed by atoms with Gasteiger partial charge in [-0.2, -0.15) is 0 Å². The second kappa shape index (κ2) is 5.01. The van der Waals surface area contributed by atoms with Crippen LogP contribution >= 0.6 is 0 Å². The standard InChI is InChI=1S/C15H26O2/c1-11-5-4-7-15(2,3)8-6-12(10-16)9-13-14(11)17-13/h11-12,16H,4-10H2,1-3H3. The molecule has 98 valence electrons. The summed E-state index contributed by atoms with van der Waals surface area (Å²) < 4.78 is 5.61. The molecule has 17 heavy (non-hydrogen) atoms. The summed E-state index contributed by atoms with van der Waals surface area (Å²) in [6.07, 6.45) is 7.11. The summed E-state index contributed by atoms with van der Waals surface area (Å²) in [5.41, 5.74) is 0.428. The Labute approximate surface area is 105 Å². The summed E-state index contributed by atoms with van der Waals surface area (Å²) in [6.45, 7) is 7.29. The Kier molecular flexibility index (Phi) is 3.82. The van der Waals surface area contributed by atoms with Crippen molar-refractivity contribution in [1.29, 1.82) is 0 Å². The summed E-state index contributed by atoms with van der Waals surface area (Å²) in [7, 11) is 0. The number of aliphatic hydroxyl groups excluding tert-OH is 1. The second-order valence-electron chi connectivity index (χ2n) is 6.64. The first-order valence-corrected chi connectivity index (χ1v) is 7.03. The van der Waals surface area contributed by atoms with Crippen molar-refractivity contribution in [2.45, 2.75) is 59.3 Å². The van der Waals surface area contributed by atoms with Crippen LogP contribution in [-0.2, 0) is 4.74 Å². The van der Waals surface area contributed by atoms with Crippen LogP contribution < -0.4 is 0 Å². The van der Waals surface area contributed by atoms with Crippen molar-refractivity contribution in [3.8, 4) is 0 Å². The van der Waals surface area contributed by atoms with Crippen molar-refractivity contribution in [3.05, 3.63) is 11.5 Å². The second-order valence-corrected chi connectivity index (χ2v) is 6.64. The van der Waals surface area contributed by atoms with Gasteiger partial charge in [-0.3, -0.25) is 0 Å². The molecule has 0 aromatic carbocycles. The lowest BCUT2D eigenvalue weighted by molar-refractivity contribution is 0.183. The van der Waals surface area contributed by atoms with Gasteiger partial charge in [0, 0.05) is 18.9 Å². The van der Waals surface area contributed by atoms with Gasteiger partial charge in [0.05, 0.1) is 0 Å². The van der Waals surface area contributed by atoms with Gasteiger partial charge < -0.3 is 9.84 Å². The molecule has 0 saturated carbocycles. The first kappa shape index (κ1) is 12.9. The minimum absolute atomic E-state index is 0.296. The van der Waals surface area contributed by atoms with Crippen molar-refractivity contribution in [2.75, 3.05) is 6.61 Å². The maximum atomic E-state index is 9.43. The summed E-state index contributed by atoms with van der Waals surface area (Å²) in [6, 6.07) is 0. The highest BCUT2D eigenvalue weighted by molar-refractivity contribution is 5.20. The van der Waals surface area contributed by atoms with E-state index in [1.54, 1.807) is 0 Å². The van der Waals surface area contributed by atoms with Crippen molar-refractivity contribution < 1.29 is 9.84 Å². The van der Waals surface area contributed by atoms with Crippen molar-refractivity contribution in [1.82, 2.24) is 0 Å². The Morgan fingerprint density at radius 3 is 2.76 bits per heavy atom. The zero-order valence-electron chi connectivity index (χ0n) is 11.5. The highest BCUT2D eigenvalue weighted by Gasteiger charge is 2.33. The third-order valence-electron chi connectivity index (χ3n) is 4.37. The normalized spacial score (nSPS) is 33.4. The van der Waals surface area contributed by atoms with Gasteiger partial charge in [0.1, 0.15) is 11.5 Å². The molecule has 1 aliphatic heterocycles. The average molecular weight is 238 g/mol. The molecule has 2 rings (SSSR count). The van der Waals surface area contributed by atoms with E-state index >= 15 is 0 Å². The molecule has 1 aliphatic carbocycles. The molecular formula is C15H26O2. The van der Waals surface area contributed by atoms with E-state index in [1.165, 1.54) is 37.2 Å². The van der Waals surface area contributed by atoms with Gasteiger partial charge in [-0.1, -0.05) is 27.2 Å². The molecule has 2 aliphatic rings. The number of hydrogen-bond acceptors (Lipinski definition) is 2. The molecular weight excluding hydrogens is 212 g/mol. The quantitative estimate of drug-likeness (QED) is 0.752. The molecule has 2 nitrogen and oxygen atoms in total. The fraction of sp³-hybridized carbons (Fsp3) is 0.867. The third-order valence-corrected chi connectivity index (χ3v) is 4.37. The van der Waals surface area contributed by atoms with Crippen molar-refractivity contribution in [2.24, 2.45) is 17.3 Å². The smallest absolute Gasteiger partial charge is 0.145 e. The molecule has 0 spiro atoms. The number of allylic oxidation sites excluding steroid dienone is 2. The van der Waals surface area contributed by atoms with Crippen LogP contribution in [0.2, 0.25) is 0 Å². The lowest BCUT2D eigenvalue weighted by Gasteiger charge is -2.26. The first-order valence-electron chi connectivity index (χ1n) is 7.03. The Bertz CT molecular complexity index is 304. The van der Waals surface area contributed by atoms with E-state index in [1.807, 2.05) is 0 Å². The molecule has 0 saturated heterocycles. The molecule has 2 unspecified atom stereocenters. The fourth-order valence-corrected chi connectivity index (χ4v) is 2.88. The maximum absolute atomic E-state index is 9.43. The van der Waals surface area contributed by atoms with Gasteiger partial charge in [-0.05, 0) is 37.0 Å². The fourth-order valence-electron chi connectivity index (χ4n) is 2.88. The van der Waals surface area contributed by atoms with Crippen LogP contribution in [0.1, 0.15) is 59.3 Å². The van der Waals surface area contributed by atoms with Crippen molar-refractivity contribution in [3.63, 3.8) is 0 Å². The number of ether oxygens (including phenoxy) is 1. The molecule has 2 heteroatoms. The summed E-state index contributed by atoms with van der Waals surface area (Å²) in [5, 5.41) is 9.43. The molecule has 0 radical (unpaired) electrons. The Hall–Kier alpha value is -0.500.